The Morgan fingerprint density at radius 3 is 1.75 bits per heavy atom. The van der Waals surface area contributed by atoms with Gasteiger partial charge in [0.15, 0.2) is 5.78 Å². The van der Waals surface area contributed by atoms with E-state index in [1.165, 1.54) is 11.1 Å². The molecule has 0 radical (unpaired) electrons. The van der Waals surface area contributed by atoms with E-state index in [1.807, 2.05) is 12.2 Å². The lowest BCUT2D eigenvalue weighted by Gasteiger charge is -2.37. The van der Waals surface area contributed by atoms with E-state index < -0.39 is 16.6 Å². The molecular weight excluding hydrogens is 725 g/mol. The monoisotopic (exact) mass is 776 g/mol. The smallest absolute Gasteiger partial charge is 0.250 e. The van der Waals surface area contributed by atoms with E-state index >= 15 is 0 Å². The van der Waals surface area contributed by atoms with Gasteiger partial charge in [-0.1, -0.05) is 118 Å². The number of allylic oxidation sites excluding steroid dienone is 8. The molecule has 3 aromatic rings. The number of rotatable bonds is 7. The third-order valence-corrected chi connectivity index (χ3v) is 20.3. The van der Waals surface area contributed by atoms with Gasteiger partial charge in [0.1, 0.15) is 11.5 Å². The van der Waals surface area contributed by atoms with Crippen LogP contribution in [-0.2, 0) is 4.79 Å². The molecule has 0 saturated carbocycles. The van der Waals surface area contributed by atoms with Crippen molar-refractivity contribution in [3.05, 3.63) is 136 Å². The molecular formula is C45H53BrO3Si2. The third-order valence-electron chi connectivity index (χ3n) is 11.1. The zero-order valence-electron chi connectivity index (χ0n) is 31.9. The van der Waals surface area contributed by atoms with E-state index in [0.717, 1.165) is 39.1 Å². The number of ketones is 1. The predicted molar refractivity (Wildman–Crippen MR) is 223 cm³/mol. The second-order valence-corrected chi connectivity index (χ2v) is 27.2. The average molecular weight is 778 g/mol. The first kappa shape index (κ1) is 38.6. The van der Waals surface area contributed by atoms with Gasteiger partial charge in [-0.25, -0.2) is 0 Å². The molecule has 51 heavy (non-hydrogen) atoms. The van der Waals surface area contributed by atoms with Crippen LogP contribution in [0.3, 0.4) is 0 Å². The molecule has 0 unspecified atom stereocenters. The van der Waals surface area contributed by atoms with Crippen molar-refractivity contribution in [1.29, 1.82) is 0 Å². The minimum Gasteiger partial charge on any atom is -0.544 e. The summed E-state index contributed by atoms with van der Waals surface area (Å²) in [7, 11) is -3.92. The van der Waals surface area contributed by atoms with Gasteiger partial charge in [-0.15, -0.1) is 0 Å². The van der Waals surface area contributed by atoms with E-state index in [-0.39, 0.29) is 33.6 Å². The van der Waals surface area contributed by atoms with Crippen molar-refractivity contribution in [2.45, 2.75) is 90.1 Å². The van der Waals surface area contributed by atoms with E-state index in [0.29, 0.717) is 0 Å². The summed E-state index contributed by atoms with van der Waals surface area (Å²) < 4.78 is 14.2. The second kappa shape index (κ2) is 15.1. The number of carbonyl (C=O) groups is 1. The minimum atomic E-state index is -1.98. The van der Waals surface area contributed by atoms with Crippen LogP contribution in [0.15, 0.2) is 119 Å². The molecule has 3 atom stereocenters. The first-order valence-corrected chi connectivity index (χ1v) is 24.6. The van der Waals surface area contributed by atoms with Gasteiger partial charge in [0, 0.05) is 27.8 Å². The van der Waals surface area contributed by atoms with Crippen LogP contribution in [0.1, 0.15) is 70.6 Å². The fourth-order valence-corrected chi connectivity index (χ4v) is 8.32. The molecule has 0 heterocycles. The predicted octanol–water partition coefficient (Wildman–Crippen LogP) is 12.7. The summed E-state index contributed by atoms with van der Waals surface area (Å²) in [4.78, 5) is 12.3. The van der Waals surface area contributed by atoms with Crippen LogP contribution in [0.2, 0.25) is 36.3 Å². The van der Waals surface area contributed by atoms with Crippen LogP contribution >= 0.6 is 15.9 Å². The van der Waals surface area contributed by atoms with Crippen molar-refractivity contribution < 1.29 is 13.6 Å². The highest BCUT2D eigenvalue weighted by Gasteiger charge is 2.40. The van der Waals surface area contributed by atoms with Gasteiger partial charge in [0.05, 0.1) is 0 Å². The SMILES string of the molecule is CC(C)(C)[Si](C)(C)Oc1ccc(C#C[C@H]2CC=C[C@@H](c3ccc(O[Si](C)(C)C(C)(C)C)cc3)[C@@H]2C(=C2C=CC(=O)C=C2)c2ccc(Br)cc2)cc1. The highest BCUT2D eigenvalue weighted by molar-refractivity contribution is 9.10. The Kier molecular flexibility index (Phi) is 11.5. The second-order valence-electron chi connectivity index (χ2n) is 16.9. The Bertz CT molecular complexity index is 1890. The maximum absolute atomic E-state index is 12.3. The van der Waals surface area contributed by atoms with Crippen molar-refractivity contribution in [2.24, 2.45) is 11.8 Å². The number of benzene rings is 3. The lowest BCUT2D eigenvalue weighted by Crippen LogP contribution is -2.43. The first-order valence-electron chi connectivity index (χ1n) is 18.0. The van der Waals surface area contributed by atoms with Crippen LogP contribution < -0.4 is 8.85 Å². The summed E-state index contributed by atoms with van der Waals surface area (Å²) in [6.45, 7) is 22.7. The van der Waals surface area contributed by atoms with Crippen LogP contribution in [0.5, 0.6) is 11.5 Å². The van der Waals surface area contributed by atoms with Crippen molar-refractivity contribution in [2.75, 3.05) is 0 Å². The summed E-state index contributed by atoms with van der Waals surface area (Å²) in [6.07, 6.45) is 12.7. The summed E-state index contributed by atoms with van der Waals surface area (Å²) in [5, 5.41) is 0.238. The standard InChI is InChI=1S/C45H53BrO3Si2/c1-44(2,3)50(7,8)48-39-28-15-32(16-29-39)14-17-34-12-11-13-41(33-22-30-40(31-23-33)49-51(9,10)45(4,5)6)43(34)42(35-18-24-37(46)25-19-35)36-20-26-38(47)27-21-36/h11,13,15-16,18-31,34,41,43H,12H2,1-10H3/t34-,41+,43-/m1/s1. The number of hydrogen-bond donors (Lipinski definition) is 0. The Labute approximate surface area is 317 Å². The molecule has 0 bridgehead atoms. The molecule has 0 saturated heterocycles. The van der Waals surface area contributed by atoms with Gasteiger partial charge in [-0.3, -0.25) is 4.79 Å². The molecule has 3 aromatic carbocycles. The highest BCUT2D eigenvalue weighted by atomic mass is 79.9. The molecule has 0 amide bonds. The molecule has 2 aliphatic rings. The highest BCUT2D eigenvalue weighted by Crippen LogP contribution is 2.48. The molecule has 6 heteroatoms. The minimum absolute atomic E-state index is 0.00337. The van der Waals surface area contributed by atoms with Crippen LogP contribution in [0.4, 0.5) is 0 Å². The Morgan fingerprint density at radius 2 is 1.24 bits per heavy atom. The van der Waals surface area contributed by atoms with E-state index in [4.69, 9.17) is 8.85 Å². The number of halogens is 1. The maximum Gasteiger partial charge on any atom is 0.250 e. The molecule has 0 N–H and O–H groups in total. The van der Waals surface area contributed by atoms with Gasteiger partial charge in [-0.05, 0) is 126 Å². The Balaban J connectivity index is 1.57. The van der Waals surface area contributed by atoms with Gasteiger partial charge in [0.25, 0.3) is 0 Å². The molecule has 0 spiro atoms. The van der Waals surface area contributed by atoms with Crippen LogP contribution in [0.25, 0.3) is 5.57 Å². The molecule has 266 valence electrons. The first-order chi connectivity index (χ1) is 23.8. The van der Waals surface area contributed by atoms with Gasteiger partial charge in [0.2, 0.25) is 16.6 Å². The summed E-state index contributed by atoms with van der Waals surface area (Å²) >= 11 is 3.64. The van der Waals surface area contributed by atoms with Gasteiger partial charge in [-0.2, -0.15) is 0 Å². The molecule has 3 nitrogen and oxygen atoms in total. The quantitative estimate of drug-likeness (QED) is 0.136. The summed E-state index contributed by atoms with van der Waals surface area (Å²) in [5.41, 5.74) is 5.54. The van der Waals surface area contributed by atoms with Crippen LogP contribution in [0, 0.1) is 23.7 Å². The lowest BCUT2D eigenvalue weighted by atomic mass is 9.67. The van der Waals surface area contributed by atoms with Crippen molar-refractivity contribution in [3.63, 3.8) is 0 Å². The largest absolute Gasteiger partial charge is 0.544 e. The maximum atomic E-state index is 12.3. The Morgan fingerprint density at radius 1 is 0.725 bits per heavy atom. The fourth-order valence-electron chi connectivity index (χ4n) is 5.99. The van der Waals surface area contributed by atoms with E-state index in [9.17, 15) is 4.79 Å². The topological polar surface area (TPSA) is 35.5 Å². The Hall–Kier alpha value is -3.64. The lowest BCUT2D eigenvalue weighted by molar-refractivity contribution is -0.110. The molecule has 2 aliphatic carbocycles. The van der Waals surface area contributed by atoms with Gasteiger partial charge >= 0.3 is 0 Å². The third kappa shape index (κ3) is 9.24. The van der Waals surface area contributed by atoms with Gasteiger partial charge < -0.3 is 8.85 Å². The summed E-state index contributed by atoms with van der Waals surface area (Å²) in [5.74, 6) is 9.22. The normalized spacial score (nSPS) is 19.4. The zero-order valence-corrected chi connectivity index (χ0v) is 35.5. The number of carbonyl (C=O) groups excluding carboxylic acids is 1. The van der Waals surface area contributed by atoms with Crippen molar-refractivity contribution in [3.8, 4) is 23.3 Å². The molecule has 0 aromatic heterocycles. The average Bonchev–Trinajstić information content (AvgIpc) is 3.05. The zero-order chi connectivity index (χ0) is 37.2. The fraction of sp³-hybridized carbons (Fsp3) is 0.356. The molecule has 0 aliphatic heterocycles. The molecule has 0 fully saturated rings. The van der Waals surface area contributed by atoms with E-state index in [2.05, 4.69) is 180 Å². The van der Waals surface area contributed by atoms with Crippen molar-refractivity contribution >= 4 is 43.9 Å². The summed E-state index contributed by atoms with van der Waals surface area (Å²) in [6, 6.07) is 25.5. The van der Waals surface area contributed by atoms with Crippen LogP contribution in [-0.4, -0.2) is 22.4 Å². The van der Waals surface area contributed by atoms with Crippen molar-refractivity contribution in [1.82, 2.24) is 0 Å². The molecule has 5 rings (SSSR count). The number of hydrogen-bond acceptors (Lipinski definition) is 3. The van der Waals surface area contributed by atoms with E-state index in [1.54, 1.807) is 12.2 Å².